The maximum Gasteiger partial charge on any atom is 0.307 e. The molecule has 0 saturated carbocycles. The van der Waals surface area contributed by atoms with E-state index in [1.807, 2.05) is 0 Å². The predicted octanol–water partition coefficient (Wildman–Crippen LogP) is 2.35. The highest BCUT2D eigenvalue weighted by molar-refractivity contribution is 7.87. The Kier molecular flexibility index (Phi) is 3.19. The molecule has 1 aromatic carbocycles. The lowest BCUT2D eigenvalue weighted by Gasteiger charge is -2.11. The van der Waals surface area contributed by atoms with E-state index in [0.29, 0.717) is 15.7 Å². The molecule has 1 fully saturated rings. The lowest BCUT2D eigenvalue weighted by atomic mass is 10.3. The second kappa shape index (κ2) is 4.64. The van der Waals surface area contributed by atoms with Crippen LogP contribution in [0.1, 0.15) is 6.42 Å². The number of hydrogen-bond acceptors (Lipinski definition) is 5. The van der Waals surface area contributed by atoms with E-state index >= 15 is 0 Å². The fraction of sp³-hybridized carbons (Fsp3) is 0.273. The van der Waals surface area contributed by atoms with E-state index in [-0.39, 0.29) is 13.0 Å². The first-order chi connectivity index (χ1) is 9.36. The molecule has 1 aliphatic rings. The molecule has 1 amide bonds. The summed E-state index contributed by atoms with van der Waals surface area (Å²) in [4.78, 5) is 17.3. The number of aromatic nitrogens is 1. The Morgan fingerprint density at radius 3 is 2.80 bits per heavy atom. The van der Waals surface area contributed by atoms with Gasteiger partial charge in [0.2, 0.25) is 5.91 Å². The fourth-order valence-corrected chi connectivity index (χ4v) is 4.03. The van der Waals surface area contributed by atoms with Gasteiger partial charge in [0, 0.05) is 13.0 Å². The van der Waals surface area contributed by atoms with Crippen LogP contribution in [0, 0.1) is 0 Å². The van der Waals surface area contributed by atoms with Gasteiger partial charge in [0.15, 0.2) is 5.13 Å². The van der Waals surface area contributed by atoms with Gasteiger partial charge in [-0.3, -0.25) is 9.69 Å². The minimum atomic E-state index is -4.73. The van der Waals surface area contributed by atoms with Crippen molar-refractivity contribution in [2.24, 2.45) is 0 Å². The van der Waals surface area contributed by atoms with E-state index in [1.54, 1.807) is 18.2 Å². The Bertz CT molecular complexity index is 805. The van der Waals surface area contributed by atoms with E-state index in [1.165, 1.54) is 16.2 Å². The largest absolute Gasteiger partial charge is 0.307 e. The van der Waals surface area contributed by atoms with Crippen molar-refractivity contribution in [3.8, 4) is 0 Å². The molecule has 9 heteroatoms. The Balaban J connectivity index is 2.00. The van der Waals surface area contributed by atoms with Crippen LogP contribution >= 0.6 is 22.9 Å². The highest BCUT2D eigenvalue weighted by atomic mass is 35.5. The van der Waals surface area contributed by atoms with Crippen molar-refractivity contribution in [1.82, 2.24) is 4.98 Å². The molecule has 5 nitrogen and oxygen atoms in total. The van der Waals surface area contributed by atoms with Crippen molar-refractivity contribution in [2.75, 3.05) is 11.4 Å². The molecular weight excluding hydrogens is 327 g/mol. The number of amides is 1. The van der Waals surface area contributed by atoms with Crippen LogP contribution in [-0.2, 0) is 15.0 Å². The molecule has 106 valence electrons. The van der Waals surface area contributed by atoms with Crippen LogP contribution in [0.5, 0.6) is 0 Å². The summed E-state index contributed by atoms with van der Waals surface area (Å²) in [7, 11) is -4.73. The Hall–Kier alpha value is -1.25. The number of hydrogen-bond donors (Lipinski definition) is 0. The summed E-state index contributed by atoms with van der Waals surface area (Å²) in [6, 6.07) is 5.23. The average Bonchev–Trinajstić information content (AvgIpc) is 2.92. The van der Waals surface area contributed by atoms with Crippen molar-refractivity contribution >= 4 is 54.4 Å². The molecule has 0 bridgehead atoms. The van der Waals surface area contributed by atoms with Crippen LogP contribution in [-0.4, -0.2) is 31.1 Å². The van der Waals surface area contributed by atoms with Gasteiger partial charge in [-0.1, -0.05) is 29.0 Å². The summed E-state index contributed by atoms with van der Waals surface area (Å²) < 4.78 is 35.6. The Labute approximate surface area is 123 Å². The molecule has 1 aliphatic heterocycles. The summed E-state index contributed by atoms with van der Waals surface area (Å²) >= 11 is 7.22. The molecule has 0 aliphatic carbocycles. The first-order valence-corrected chi connectivity index (χ1v) is 8.29. The van der Waals surface area contributed by atoms with Crippen molar-refractivity contribution in [3.63, 3.8) is 0 Å². The molecule has 3 rings (SSSR count). The molecular formula is C11H8ClFN2O3S2. The van der Waals surface area contributed by atoms with Gasteiger partial charge in [-0.05, 0) is 12.1 Å². The van der Waals surface area contributed by atoms with E-state index in [2.05, 4.69) is 4.98 Å². The number of nitrogens with zero attached hydrogens (tertiary/aromatic N) is 2. The number of para-hydroxylation sites is 1. The van der Waals surface area contributed by atoms with Crippen LogP contribution < -0.4 is 4.90 Å². The number of anilines is 1. The van der Waals surface area contributed by atoms with Gasteiger partial charge in [-0.15, -0.1) is 3.89 Å². The van der Waals surface area contributed by atoms with E-state index in [0.717, 1.165) is 4.70 Å². The van der Waals surface area contributed by atoms with E-state index < -0.39 is 21.4 Å². The van der Waals surface area contributed by atoms with Crippen LogP contribution in [0.3, 0.4) is 0 Å². The molecule has 1 saturated heterocycles. The zero-order valence-electron chi connectivity index (χ0n) is 9.92. The van der Waals surface area contributed by atoms with Crippen molar-refractivity contribution in [3.05, 3.63) is 23.2 Å². The molecule has 2 aromatic rings. The van der Waals surface area contributed by atoms with Gasteiger partial charge < -0.3 is 0 Å². The van der Waals surface area contributed by atoms with Crippen LogP contribution in [0.2, 0.25) is 5.02 Å². The number of halogens is 2. The zero-order valence-corrected chi connectivity index (χ0v) is 12.3. The maximum atomic E-state index is 13.0. The lowest BCUT2D eigenvalue weighted by Crippen LogP contribution is -2.26. The second-order valence-corrected chi connectivity index (χ2v) is 7.42. The maximum absolute atomic E-state index is 13.0. The van der Waals surface area contributed by atoms with Gasteiger partial charge >= 0.3 is 10.2 Å². The molecule has 1 aromatic heterocycles. The smallest absolute Gasteiger partial charge is 0.287 e. The molecule has 2 heterocycles. The first-order valence-electron chi connectivity index (χ1n) is 5.65. The molecule has 0 radical (unpaired) electrons. The van der Waals surface area contributed by atoms with E-state index in [4.69, 9.17) is 11.6 Å². The van der Waals surface area contributed by atoms with Gasteiger partial charge in [-0.25, -0.2) is 4.98 Å². The number of thiazole rings is 1. The highest BCUT2D eigenvalue weighted by Crippen LogP contribution is 2.35. The van der Waals surface area contributed by atoms with Crippen molar-refractivity contribution in [1.29, 1.82) is 0 Å². The van der Waals surface area contributed by atoms with Gasteiger partial charge in [0.1, 0.15) is 10.8 Å². The Morgan fingerprint density at radius 2 is 2.20 bits per heavy atom. The third-order valence-corrected chi connectivity index (χ3v) is 5.54. The average molecular weight is 335 g/mol. The second-order valence-electron chi connectivity index (χ2n) is 4.39. The molecule has 20 heavy (non-hydrogen) atoms. The normalized spacial score (nSPS) is 20.0. The SMILES string of the molecule is O=C1CC(S(=O)(=O)F)CN1c1nc2c(Cl)cccc2s1. The summed E-state index contributed by atoms with van der Waals surface area (Å²) in [5.41, 5.74) is 0.550. The fourth-order valence-electron chi connectivity index (χ4n) is 2.07. The third kappa shape index (κ3) is 2.27. The van der Waals surface area contributed by atoms with Crippen LogP contribution in [0.25, 0.3) is 10.2 Å². The topological polar surface area (TPSA) is 67.3 Å². The van der Waals surface area contributed by atoms with Gasteiger partial charge in [0.25, 0.3) is 0 Å². The van der Waals surface area contributed by atoms with Crippen LogP contribution in [0.15, 0.2) is 18.2 Å². The predicted molar refractivity (Wildman–Crippen MR) is 75.4 cm³/mol. The minimum absolute atomic E-state index is 0.213. The quantitative estimate of drug-likeness (QED) is 0.791. The number of rotatable bonds is 2. The van der Waals surface area contributed by atoms with Gasteiger partial charge in [-0.2, -0.15) is 8.42 Å². The standard InChI is InChI=1S/C11H8ClFN2O3S2/c12-7-2-1-3-8-10(7)14-11(19-8)15-5-6(4-9(15)16)20(13,17)18/h1-3,6H,4-5H2. The summed E-state index contributed by atoms with van der Waals surface area (Å²) in [5.74, 6) is -0.452. The third-order valence-electron chi connectivity index (χ3n) is 3.08. The Morgan fingerprint density at radius 1 is 1.45 bits per heavy atom. The first kappa shape index (κ1) is 13.7. The molecule has 0 spiro atoms. The van der Waals surface area contributed by atoms with Crippen molar-refractivity contribution in [2.45, 2.75) is 11.7 Å². The lowest BCUT2D eigenvalue weighted by molar-refractivity contribution is -0.117. The molecule has 1 atom stereocenters. The summed E-state index contributed by atoms with van der Waals surface area (Å²) in [6.07, 6.45) is -0.359. The number of carbonyl (C=O) groups excluding carboxylic acids is 1. The number of fused-ring (bicyclic) bond motifs is 1. The summed E-state index contributed by atoms with van der Waals surface area (Å²) in [5, 5.41) is -0.534. The van der Waals surface area contributed by atoms with E-state index in [9.17, 15) is 17.1 Å². The number of benzene rings is 1. The molecule has 0 N–H and O–H groups in total. The van der Waals surface area contributed by atoms with Crippen molar-refractivity contribution < 1.29 is 17.1 Å². The monoisotopic (exact) mass is 334 g/mol. The highest BCUT2D eigenvalue weighted by Gasteiger charge is 2.40. The summed E-state index contributed by atoms with van der Waals surface area (Å²) in [6.45, 7) is -0.213. The van der Waals surface area contributed by atoms with Gasteiger partial charge in [0.05, 0.1) is 9.72 Å². The number of carbonyl (C=O) groups is 1. The minimum Gasteiger partial charge on any atom is -0.287 e. The van der Waals surface area contributed by atoms with Crippen LogP contribution in [0.4, 0.5) is 9.02 Å². The zero-order chi connectivity index (χ0) is 14.5. The molecule has 1 unspecified atom stereocenters.